The molecule has 0 aliphatic rings. The molecule has 0 aliphatic heterocycles. The predicted octanol–water partition coefficient (Wildman–Crippen LogP) is 1.51. The first kappa shape index (κ1) is 15.4. The molecule has 18 heavy (non-hydrogen) atoms. The monoisotopic (exact) mass is 337 g/mol. The number of rotatable bonds is 6. The summed E-state index contributed by atoms with van der Waals surface area (Å²) in [6.07, 6.45) is 0.517. The molecule has 0 heterocycles. The lowest BCUT2D eigenvalue weighted by atomic mass is 10.3. The second-order valence-corrected chi connectivity index (χ2v) is 6.27. The van der Waals surface area contributed by atoms with Crippen molar-refractivity contribution in [1.82, 2.24) is 4.72 Å². The average molecular weight is 338 g/mol. The van der Waals surface area contributed by atoms with Gasteiger partial charge in [-0.2, -0.15) is 0 Å². The Labute approximate surface area is 115 Å². The van der Waals surface area contributed by atoms with Crippen LogP contribution in [0, 0.1) is 0 Å². The molecule has 2 N–H and O–H groups in total. The maximum atomic E-state index is 12.0. The molecule has 1 rings (SSSR count). The third kappa shape index (κ3) is 3.68. The molecule has 0 amide bonds. The minimum absolute atomic E-state index is 0.106. The third-order valence-corrected chi connectivity index (χ3v) is 4.64. The van der Waals surface area contributed by atoms with Crippen LogP contribution in [0.3, 0.4) is 0 Å². The number of ether oxygens (including phenoxy) is 1. The van der Waals surface area contributed by atoms with Gasteiger partial charge >= 0.3 is 0 Å². The zero-order valence-corrected chi connectivity index (χ0v) is 12.6. The first-order valence-electron chi connectivity index (χ1n) is 5.41. The van der Waals surface area contributed by atoms with Crippen LogP contribution in [-0.2, 0) is 10.0 Å². The Hall–Kier alpha value is -0.630. The van der Waals surface area contributed by atoms with E-state index in [1.807, 2.05) is 0 Å². The molecule has 102 valence electrons. The Balaban J connectivity index is 3.05. The van der Waals surface area contributed by atoms with Crippen molar-refractivity contribution in [3.05, 3.63) is 22.7 Å². The maximum Gasteiger partial charge on any atom is 0.241 e. The molecule has 0 fully saturated rings. The Bertz CT molecular complexity index is 500. The van der Waals surface area contributed by atoms with Crippen molar-refractivity contribution in [1.29, 1.82) is 0 Å². The molecular weight excluding hydrogens is 322 g/mol. The van der Waals surface area contributed by atoms with Crippen LogP contribution in [0.2, 0.25) is 0 Å². The highest BCUT2D eigenvalue weighted by Gasteiger charge is 2.19. The molecule has 0 aliphatic carbocycles. The summed E-state index contributed by atoms with van der Waals surface area (Å²) in [6.45, 7) is 1.56. The van der Waals surface area contributed by atoms with Gasteiger partial charge in [0.15, 0.2) is 0 Å². The van der Waals surface area contributed by atoms with E-state index in [4.69, 9.17) is 9.84 Å². The van der Waals surface area contributed by atoms with Crippen LogP contribution in [-0.4, -0.2) is 33.3 Å². The largest absolute Gasteiger partial charge is 0.496 e. The van der Waals surface area contributed by atoms with E-state index in [1.54, 1.807) is 13.0 Å². The first-order chi connectivity index (χ1) is 8.44. The first-order valence-corrected chi connectivity index (χ1v) is 7.69. The number of aliphatic hydroxyl groups is 1. The summed E-state index contributed by atoms with van der Waals surface area (Å²) >= 11 is 3.26. The van der Waals surface area contributed by atoms with Crippen LogP contribution >= 0.6 is 15.9 Å². The molecule has 5 nitrogen and oxygen atoms in total. The highest BCUT2D eigenvalue weighted by molar-refractivity contribution is 9.10. The molecule has 0 aromatic heterocycles. The average Bonchev–Trinajstić information content (AvgIpc) is 2.36. The van der Waals surface area contributed by atoms with Crippen molar-refractivity contribution in [2.75, 3.05) is 13.7 Å². The number of hydrogen-bond donors (Lipinski definition) is 2. The Morgan fingerprint density at radius 1 is 1.50 bits per heavy atom. The highest BCUT2D eigenvalue weighted by Crippen LogP contribution is 2.27. The van der Waals surface area contributed by atoms with Gasteiger partial charge in [-0.05, 0) is 34.5 Å². The van der Waals surface area contributed by atoms with Gasteiger partial charge in [0.25, 0.3) is 0 Å². The summed E-state index contributed by atoms with van der Waals surface area (Å²) in [5.74, 6) is 0.440. The topological polar surface area (TPSA) is 75.6 Å². The van der Waals surface area contributed by atoms with Crippen molar-refractivity contribution in [2.45, 2.75) is 24.3 Å². The van der Waals surface area contributed by atoms with E-state index in [0.717, 1.165) is 0 Å². The van der Waals surface area contributed by atoms with E-state index >= 15 is 0 Å². The summed E-state index contributed by atoms with van der Waals surface area (Å²) in [4.78, 5) is 0.106. The molecule has 1 aromatic carbocycles. The molecule has 0 spiro atoms. The normalized spacial score (nSPS) is 13.3. The molecule has 0 radical (unpaired) electrons. The summed E-state index contributed by atoms with van der Waals surface area (Å²) in [7, 11) is -2.18. The van der Waals surface area contributed by atoms with Crippen molar-refractivity contribution in [3.8, 4) is 5.75 Å². The van der Waals surface area contributed by atoms with Gasteiger partial charge in [0.2, 0.25) is 10.0 Å². The minimum atomic E-state index is -3.64. The van der Waals surface area contributed by atoms with Gasteiger partial charge in [0, 0.05) is 12.1 Å². The zero-order valence-electron chi connectivity index (χ0n) is 10.2. The standard InChI is InChI=1S/C11H16BrNO4S/c1-3-8(7-14)13-18(15,16)9-4-5-10(12)11(6-9)17-2/h4-6,8,13-14H,3,7H2,1-2H3. The van der Waals surface area contributed by atoms with Crippen LogP contribution in [0.1, 0.15) is 13.3 Å². The zero-order chi connectivity index (χ0) is 13.8. The third-order valence-electron chi connectivity index (χ3n) is 2.47. The van der Waals surface area contributed by atoms with E-state index in [9.17, 15) is 8.42 Å². The Morgan fingerprint density at radius 2 is 2.17 bits per heavy atom. The molecule has 0 saturated heterocycles. The van der Waals surface area contributed by atoms with Crippen LogP contribution in [0.25, 0.3) is 0 Å². The van der Waals surface area contributed by atoms with Gasteiger partial charge in [-0.3, -0.25) is 0 Å². The molecule has 1 unspecified atom stereocenters. The fourth-order valence-corrected chi connectivity index (χ4v) is 3.08. The smallest absolute Gasteiger partial charge is 0.241 e. The lowest BCUT2D eigenvalue weighted by molar-refractivity contribution is 0.254. The Kier molecular flexibility index (Phi) is 5.58. The minimum Gasteiger partial charge on any atom is -0.496 e. The van der Waals surface area contributed by atoms with E-state index < -0.39 is 16.1 Å². The molecule has 0 bridgehead atoms. The lowest BCUT2D eigenvalue weighted by Gasteiger charge is -2.15. The molecule has 1 atom stereocenters. The highest BCUT2D eigenvalue weighted by atomic mass is 79.9. The van der Waals surface area contributed by atoms with Gasteiger partial charge < -0.3 is 9.84 Å². The van der Waals surface area contributed by atoms with E-state index in [2.05, 4.69) is 20.7 Å². The molecular formula is C11H16BrNO4S. The van der Waals surface area contributed by atoms with Gasteiger partial charge in [0.05, 0.1) is 23.1 Å². The maximum absolute atomic E-state index is 12.0. The summed E-state index contributed by atoms with van der Waals surface area (Å²) in [5.41, 5.74) is 0. The summed E-state index contributed by atoms with van der Waals surface area (Å²) in [5, 5.41) is 9.02. The van der Waals surface area contributed by atoms with Crippen molar-refractivity contribution < 1.29 is 18.3 Å². The fourth-order valence-electron chi connectivity index (χ4n) is 1.34. The van der Waals surface area contributed by atoms with Crippen molar-refractivity contribution in [3.63, 3.8) is 0 Å². The van der Waals surface area contributed by atoms with Crippen LogP contribution in [0.4, 0.5) is 0 Å². The Morgan fingerprint density at radius 3 is 2.67 bits per heavy atom. The number of benzene rings is 1. The number of halogens is 1. The molecule has 1 aromatic rings. The number of nitrogens with one attached hydrogen (secondary N) is 1. The van der Waals surface area contributed by atoms with Crippen LogP contribution < -0.4 is 9.46 Å². The van der Waals surface area contributed by atoms with Gasteiger partial charge in [0.1, 0.15) is 5.75 Å². The second kappa shape index (κ2) is 6.51. The number of aliphatic hydroxyl groups excluding tert-OH is 1. The summed E-state index contributed by atoms with van der Waals surface area (Å²) in [6, 6.07) is 4.02. The number of sulfonamides is 1. The van der Waals surface area contributed by atoms with Gasteiger partial charge in [-0.25, -0.2) is 13.1 Å². The molecule has 0 saturated carbocycles. The van der Waals surface area contributed by atoms with Gasteiger partial charge in [-0.15, -0.1) is 0 Å². The van der Waals surface area contributed by atoms with E-state index in [1.165, 1.54) is 19.2 Å². The second-order valence-electron chi connectivity index (χ2n) is 3.71. The van der Waals surface area contributed by atoms with Gasteiger partial charge in [-0.1, -0.05) is 6.92 Å². The van der Waals surface area contributed by atoms with Crippen LogP contribution in [0.15, 0.2) is 27.6 Å². The van der Waals surface area contributed by atoms with Crippen molar-refractivity contribution in [2.24, 2.45) is 0 Å². The number of methoxy groups -OCH3 is 1. The van der Waals surface area contributed by atoms with E-state index in [-0.39, 0.29) is 11.5 Å². The fraction of sp³-hybridized carbons (Fsp3) is 0.455. The number of hydrogen-bond acceptors (Lipinski definition) is 4. The SMILES string of the molecule is CCC(CO)NS(=O)(=O)c1ccc(Br)c(OC)c1. The van der Waals surface area contributed by atoms with E-state index in [0.29, 0.717) is 16.6 Å². The van der Waals surface area contributed by atoms with Crippen LogP contribution in [0.5, 0.6) is 5.75 Å². The molecule has 7 heteroatoms. The predicted molar refractivity (Wildman–Crippen MR) is 72.2 cm³/mol. The summed E-state index contributed by atoms with van der Waals surface area (Å²) < 4.78 is 32.3. The lowest BCUT2D eigenvalue weighted by Crippen LogP contribution is -2.36. The quantitative estimate of drug-likeness (QED) is 0.824. The van der Waals surface area contributed by atoms with Crippen molar-refractivity contribution >= 4 is 26.0 Å².